The maximum absolute atomic E-state index is 14.8. The van der Waals surface area contributed by atoms with E-state index in [1.165, 1.54) is 12.1 Å². The summed E-state index contributed by atoms with van der Waals surface area (Å²) in [5.41, 5.74) is 7.20. The van der Waals surface area contributed by atoms with E-state index in [2.05, 4.69) is 12.1 Å². The number of alkyl halides is 6. The quantitative estimate of drug-likeness (QED) is 0.142. The topological polar surface area (TPSA) is 78.3 Å². The summed E-state index contributed by atoms with van der Waals surface area (Å²) in [6.45, 7) is 0. The van der Waals surface area contributed by atoms with Gasteiger partial charge in [-0.1, -0.05) is 121 Å². The van der Waals surface area contributed by atoms with Gasteiger partial charge in [0.15, 0.2) is 5.82 Å². The fraction of sp³-hybridized carbons (Fsp3) is 0.0323. The van der Waals surface area contributed by atoms with E-state index in [1.54, 1.807) is 66.7 Å². The fourth-order valence-corrected chi connectivity index (χ4v) is 9.42. The standard InChI is InChI=1S/C62H35F6N5/c63-61(64,65)49-21-9-19-46(29-49)51-33-48(56-35-55(40-13-3-1-4-14-40)71-60(72-56)41-15-5-2-6-16-41)34-52(47-20-10-22-50(30-47)62(66,67)68)59(51)73-57-25-23-44(42-17-7-11-38(27-42)36-69)31-53(57)54-32-45(24-26-58(54)73)43-18-8-12-39(28-43)37-70/h1-35H. The molecule has 0 atom stereocenters. The molecule has 0 aliphatic carbocycles. The highest BCUT2D eigenvalue weighted by atomic mass is 19.4. The van der Waals surface area contributed by atoms with Gasteiger partial charge in [0.25, 0.3) is 0 Å². The molecular formula is C62H35F6N5. The smallest absolute Gasteiger partial charge is 0.308 e. The molecule has 0 spiro atoms. The minimum Gasteiger partial charge on any atom is -0.308 e. The van der Waals surface area contributed by atoms with Crippen LogP contribution in [-0.4, -0.2) is 14.5 Å². The number of aromatic nitrogens is 3. The van der Waals surface area contributed by atoms with E-state index in [0.29, 0.717) is 67.0 Å². The molecule has 0 bridgehead atoms. The molecule has 0 radical (unpaired) electrons. The largest absolute Gasteiger partial charge is 0.416 e. The first-order valence-electron chi connectivity index (χ1n) is 23.0. The Bertz CT molecular complexity index is 3780. The molecule has 73 heavy (non-hydrogen) atoms. The second-order valence-electron chi connectivity index (χ2n) is 17.5. The van der Waals surface area contributed by atoms with E-state index in [-0.39, 0.29) is 22.3 Å². The zero-order valence-electron chi connectivity index (χ0n) is 38.2. The average molecular weight is 964 g/mol. The first-order valence-corrected chi connectivity index (χ1v) is 23.0. The molecule has 0 aliphatic heterocycles. The summed E-state index contributed by atoms with van der Waals surface area (Å²) < 4.78 is 90.8. The SMILES string of the molecule is N#Cc1cccc(-c2ccc3c(c2)c2cc(-c4cccc(C#N)c4)ccc2n3-c2c(-c3cccc(C(F)(F)F)c3)cc(-c3cc(-c4ccccc4)nc(-c4ccccc4)n3)cc2-c2cccc(C(F)(F)F)c2)c1. The highest BCUT2D eigenvalue weighted by Crippen LogP contribution is 2.47. The summed E-state index contributed by atoms with van der Waals surface area (Å²) >= 11 is 0. The van der Waals surface area contributed by atoms with Gasteiger partial charge in [-0.15, -0.1) is 0 Å². The molecular weight excluding hydrogens is 929 g/mol. The molecule has 5 nitrogen and oxygen atoms in total. The number of hydrogen-bond acceptors (Lipinski definition) is 4. The van der Waals surface area contributed by atoms with E-state index >= 15 is 0 Å². The van der Waals surface area contributed by atoms with Crippen molar-refractivity contribution in [1.82, 2.24) is 14.5 Å². The van der Waals surface area contributed by atoms with Crippen LogP contribution < -0.4 is 0 Å². The van der Waals surface area contributed by atoms with Gasteiger partial charge in [-0.2, -0.15) is 36.9 Å². The van der Waals surface area contributed by atoms with Crippen molar-refractivity contribution >= 4 is 21.8 Å². The van der Waals surface area contributed by atoms with Crippen molar-refractivity contribution < 1.29 is 26.3 Å². The molecule has 0 amide bonds. The lowest BCUT2D eigenvalue weighted by Gasteiger charge is -2.22. The van der Waals surface area contributed by atoms with E-state index in [4.69, 9.17) is 9.97 Å². The Morgan fingerprint density at radius 2 is 0.767 bits per heavy atom. The molecule has 0 unspecified atom stereocenters. The third-order valence-electron chi connectivity index (χ3n) is 12.9. The number of nitrogens with zero attached hydrogens (tertiary/aromatic N) is 5. The van der Waals surface area contributed by atoms with E-state index in [0.717, 1.165) is 52.1 Å². The van der Waals surface area contributed by atoms with Gasteiger partial charge >= 0.3 is 12.4 Å². The first-order chi connectivity index (χ1) is 35.3. The van der Waals surface area contributed by atoms with Crippen molar-refractivity contribution in [3.63, 3.8) is 0 Å². The summed E-state index contributed by atoms with van der Waals surface area (Å²) in [5.74, 6) is 0.358. The molecule has 11 heteroatoms. The van der Waals surface area contributed by atoms with Gasteiger partial charge in [0.1, 0.15) is 0 Å². The van der Waals surface area contributed by atoms with E-state index in [1.807, 2.05) is 114 Å². The maximum Gasteiger partial charge on any atom is 0.416 e. The third-order valence-corrected chi connectivity index (χ3v) is 12.9. The number of halogens is 6. The molecule has 2 heterocycles. The summed E-state index contributed by atoms with van der Waals surface area (Å²) in [5, 5.41) is 21.0. The number of nitriles is 2. The molecule has 0 aliphatic rings. The van der Waals surface area contributed by atoms with Gasteiger partial charge in [-0.25, -0.2) is 9.97 Å². The Morgan fingerprint density at radius 3 is 1.23 bits per heavy atom. The summed E-state index contributed by atoms with van der Waals surface area (Å²) in [6, 6.07) is 63.9. The zero-order chi connectivity index (χ0) is 50.4. The van der Waals surface area contributed by atoms with Crippen LogP contribution in [0.25, 0.3) is 106 Å². The van der Waals surface area contributed by atoms with Crippen LogP contribution in [0, 0.1) is 22.7 Å². The summed E-state index contributed by atoms with van der Waals surface area (Å²) in [6.07, 6.45) is -9.49. The van der Waals surface area contributed by atoms with Crippen molar-refractivity contribution in [1.29, 1.82) is 10.5 Å². The molecule has 0 saturated carbocycles. The maximum atomic E-state index is 14.8. The predicted molar refractivity (Wildman–Crippen MR) is 274 cm³/mol. The van der Waals surface area contributed by atoms with Crippen LogP contribution in [0.4, 0.5) is 26.3 Å². The minimum atomic E-state index is -4.75. The average Bonchev–Trinajstić information content (AvgIpc) is 3.75. The molecule has 0 N–H and O–H groups in total. The molecule has 11 rings (SSSR count). The summed E-state index contributed by atoms with van der Waals surface area (Å²) in [7, 11) is 0. The Kier molecular flexibility index (Phi) is 11.5. The lowest BCUT2D eigenvalue weighted by atomic mass is 9.90. The van der Waals surface area contributed by atoms with Crippen LogP contribution in [0.5, 0.6) is 0 Å². The second-order valence-corrected chi connectivity index (χ2v) is 17.5. The van der Waals surface area contributed by atoms with Gasteiger partial charge in [-0.3, -0.25) is 0 Å². The zero-order valence-corrected chi connectivity index (χ0v) is 38.2. The normalized spacial score (nSPS) is 11.7. The third kappa shape index (κ3) is 8.85. The lowest BCUT2D eigenvalue weighted by molar-refractivity contribution is -0.138. The van der Waals surface area contributed by atoms with Crippen molar-refractivity contribution in [3.05, 3.63) is 235 Å². The minimum absolute atomic E-state index is 0.144. The van der Waals surface area contributed by atoms with Crippen LogP contribution in [-0.2, 0) is 12.4 Å². The van der Waals surface area contributed by atoms with E-state index < -0.39 is 23.5 Å². The van der Waals surface area contributed by atoms with Gasteiger partial charge in [-0.05, 0) is 124 Å². The predicted octanol–water partition coefficient (Wildman–Crippen LogP) is 17.0. The first kappa shape index (κ1) is 45.8. The monoisotopic (exact) mass is 963 g/mol. The fourth-order valence-electron chi connectivity index (χ4n) is 9.42. The van der Waals surface area contributed by atoms with Crippen LogP contribution >= 0.6 is 0 Å². The van der Waals surface area contributed by atoms with E-state index in [9.17, 15) is 36.9 Å². The number of rotatable bonds is 8. The Morgan fingerprint density at radius 1 is 0.356 bits per heavy atom. The Labute approximate surface area is 414 Å². The van der Waals surface area contributed by atoms with Crippen molar-refractivity contribution in [2.45, 2.75) is 12.4 Å². The molecule has 2 aromatic heterocycles. The Balaban J connectivity index is 1.29. The van der Waals surface area contributed by atoms with Gasteiger partial charge in [0.2, 0.25) is 0 Å². The van der Waals surface area contributed by atoms with Crippen molar-refractivity contribution in [2.24, 2.45) is 0 Å². The second kappa shape index (κ2) is 18.3. The van der Waals surface area contributed by atoms with Crippen molar-refractivity contribution in [2.75, 3.05) is 0 Å². The molecule has 11 aromatic rings. The molecule has 0 fully saturated rings. The molecule has 350 valence electrons. The lowest BCUT2D eigenvalue weighted by Crippen LogP contribution is -2.07. The van der Waals surface area contributed by atoms with Crippen LogP contribution in [0.15, 0.2) is 212 Å². The number of benzene rings is 9. The molecule has 0 saturated heterocycles. The van der Waals surface area contributed by atoms with Gasteiger partial charge in [0, 0.05) is 38.6 Å². The van der Waals surface area contributed by atoms with Crippen molar-refractivity contribution in [3.8, 4) is 96.2 Å². The van der Waals surface area contributed by atoms with Crippen LogP contribution in [0.3, 0.4) is 0 Å². The Hall–Kier alpha value is -9.58. The van der Waals surface area contributed by atoms with Crippen LogP contribution in [0.2, 0.25) is 0 Å². The number of fused-ring (bicyclic) bond motifs is 3. The van der Waals surface area contributed by atoms with Gasteiger partial charge in [0.05, 0.1) is 62.5 Å². The summed E-state index contributed by atoms with van der Waals surface area (Å²) in [4.78, 5) is 10.0. The van der Waals surface area contributed by atoms with Gasteiger partial charge < -0.3 is 4.57 Å². The number of hydrogen-bond donors (Lipinski definition) is 0. The highest BCUT2D eigenvalue weighted by Gasteiger charge is 2.33. The molecule has 9 aromatic carbocycles. The van der Waals surface area contributed by atoms with Crippen LogP contribution in [0.1, 0.15) is 22.3 Å². The highest BCUT2D eigenvalue weighted by molar-refractivity contribution is 6.13.